The Morgan fingerprint density at radius 2 is 2.10 bits per heavy atom. The van der Waals surface area contributed by atoms with Gasteiger partial charge in [-0.25, -0.2) is 4.39 Å². The predicted octanol–water partition coefficient (Wildman–Crippen LogP) is 2.28. The Kier molecular flexibility index (Phi) is 4.53. The minimum atomic E-state index is -0.218. The summed E-state index contributed by atoms with van der Waals surface area (Å²) >= 11 is 0. The molecule has 0 aromatic heterocycles. The van der Waals surface area contributed by atoms with Crippen molar-refractivity contribution in [3.8, 4) is 5.75 Å². The molecule has 4 heteroatoms. The summed E-state index contributed by atoms with van der Waals surface area (Å²) < 4.78 is 18.4. The lowest BCUT2D eigenvalue weighted by molar-refractivity contribution is 0.257. The Morgan fingerprint density at radius 1 is 1.25 bits per heavy atom. The van der Waals surface area contributed by atoms with Crippen LogP contribution < -0.4 is 10.1 Å². The standard InChI is InChI=1S/C16H23FN2O/c17-14-4-6-15(7-5-14)20-10-2-9-19-11-13-3-1-8-18-16(13)12-19/h4-7,13,16,18H,1-3,8-12H2/t13-,16+/m0/s1. The molecular formula is C16H23FN2O. The Balaban J connectivity index is 1.35. The van der Waals surface area contributed by atoms with Gasteiger partial charge < -0.3 is 15.0 Å². The maximum atomic E-state index is 12.8. The molecule has 3 rings (SSSR count). The van der Waals surface area contributed by atoms with Crippen LogP contribution in [0.1, 0.15) is 19.3 Å². The van der Waals surface area contributed by atoms with E-state index in [0.717, 1.165) is 24.6 Å². The van der Waals surface area contributed by atoms with E-state index in [1.807, 2.05) is 0 Å². The Hall–Kier alpha value is -1.13. The first kappa shape index (κ1) is 13.8. The van der Waals surface area contributed by atoms with Crippen LogP contribution in [-0.2, 0) is 0 Å². The van der Waals surface area contributed by atoms with Crippen LogP contribution in [0.2, 0.25) is 0 Å². The molecule has 2 saturated heterocycles. The Labute approximate surface area is 120 Å². The molecule has 0 unspecified atom stereocenters. The number of nitrogens with zero attached hydrogens (tertiary/aromatic N) is 1. The van der Waals surface area contributed by atoms with Gasteiger partial charge in [0.15, 0.2) is 0 Å². The molecule has 2 aliphatic heterocycles. The quantitative estimate of drug-likeness (QED) is 0.836. The van der Waals surface area contributed by atoms with E-state index in [0.29, 0.717) is 12.6 Å². The van der Waals surface area contributed by atoms with E-state index in [-0.39, 0.29) is 5.82 Å². The Bertz CT molecular complexity index is 409. The van der Waals surface area contributed by atoms with Gasteiger partial charge in [-0.15, -0.1) is 0 Å². The fraction of sp³-hybridized carbons (Fsp3) is 0.625. The highest BCUT2D eigenvalue weighted by Gasteiger charge is 2.33. The van der Waals surface area contributed by atoms with Crippen molar-refractivity contribution in [2.45, 2.75) is 25.3 Å². The van der Waals surface area contributed by atoms with E-state index < -0.39 is 0 Å². The number of benzene rings is 1. The summed E-state index contributed by atoms with van der Waals surface area (Å²) in [6.07, 6.45) is 3.72. The van der Waals surface area contributed by atoms with Crippen LogP contribution in [0.5, 0.6) is 5.75 Å². The van der Waals surface area contributed by atoms with Gasteiger partial charge in [-0.3, -0.25) is 0 Å². The minimum Gasteiger partial charge on any atom is -0.494 e. The molecule has 2 heterocycles. The van der Waals surface area contributed by atoms with Crippen molar-refractivity contribution < 1.29 is 9.13 Å². The number of fused-ring (bicyclic) bond motifs is 1. The molecular weight excluding hydrogens is 255 g/mol. The molecule has 2 aliphatic rings. The molecule has 20 heavy (non-hydrogen) atoms. The molecule has 1 aromatic rings. The van der Waals surface area contributed by atoms with Gasteiger partial charge in [0.05, 0.1) is 6.61 Å². The largest absolute Gasteiger partial charge is 0.494 e. The zero-order valence-corrected chi connectivity index (χ0v) is 11.9. The maximum absolute atomic E-state index is 12.8. The number of hydrogen-bond donors (Lipinski definition) is 1. The summed E-state index contributed by atoms with van der Waals surface area (Å²) in [6.45, 7) is 5.39. The number of halogens is 1. The van der Waals surface area contributed by atoms with E-state index in [1.54, 1.807) is 12.1 Å². The first-order valence-corrected chi connectivity index (χ1v) is 7.65. The summed E-state index contributed by atoms with van der Waals surface area (Å²) in [5.41, 5.74) is 0. The van der Waals surface area contributed by atoms with Gasteiger partial charge in [-0.05, 0) is 56.0 Å². The van der Waals surface area contributed by atoms with Crippen LogP contribution in [0.15, 0.2) is 24.3 Å². The van der Waals surface area contributed by atoms with Gasteiger partial charge >= 0.3 is 0 Å². The first-order valence-electron chi connectivity index (χ1n) is 7.65. The summed E-state index contributed by atoms with van der Waals surface area (Å²) in [5.74, 6) is 1.38. The molecule has 110 valence electrons. The van der Waals surface area contributed by atoms with Gasteiger partial charge in [-0.2, -0.15) is 0 Å². The van der Waals surface area contributed by atoms with Crippen molar-refractivity contribution in [2.24, 2.45) is 5.92 Å². The van der Waals surface area contributed by atoms with Crippen LogP contribution in [0.25, 0.3) is 0 Å². The van der Waals surface area contributed by atoms with Crippen molar-refractivity contribution in [2.75, 3.05) is 32.8 Å². The van der Waals surface area contributed by atoms with Gasteiger partial charge in [0.2, 0.25) is 0 Å². The van der Waals surface area contributed by atoms with E-state index in [2.05, 4.69) is 10.2 Å². The van der Waals surface area contributed by atoms with Crippen molar-refractivity contribution in [1.29, 1.82) is 0 Å². The second kappa shape index (κ2) is 6.55. The number of hydrogen-bond acceptors (Lipinski definition) is 3. The van der Waals surface area contributed by atoms with Gasteiger partial charge in [0.25, 0.3) is 0 Å². The molecule has 0 radical (unpaired) electrons. The minimum absolute atomic E-state index is 0.218. The van der Waals surface area contributed by atoms with E-state index in [9.17, 15) is 4.39 Å². The predicted molar refractivity (Wildman–Crippen MR) is 77.5 cm³/mol. The molecule has 1 aromatic carbocycles. The van der Waals surface area contributed by atoms with Gasteiger partial charge in [-0.1, -0.05) is 0 Å². The zero-order valence-electron chi connectivity index (χ0n) is 11.9. The smallest absolute Gasteiger partial charge is 0.123 e. The molecule has 3 nitrogen and oxygen atoms in total. The molecule has 2 atom stereocenters. The van der Waals surface area contributed by atoms with Crippen LogP contribution in [0.3, 0.4) is 0 Å². The van der Waals surface area contributed by atoms with Crippen molar-refractivity contribution >= 4 is 0 Å². The summed E-state index contributed by atoms with van der Waals surface area (Å²) in [7, 11) is 0. The average molecular weight is 278 g/mol. The maximum Gasteiger partial charge on any atom is 0.123 e. The van der Waals surface area contributed by atoms with Crippen LogP contribution >= 0.6 is 0 Å². The topological polar surface area (TPSA) is 24.5 Å². The number of ether oxygens (including phenoxy) is 1. The average Bonchev–Trinajstić information content (AvgIpc) is 2.88. The summed E-state index contributed by atoms with van der Waals surface area (Å²) in [6, 6.07) is 6.95. The lowest BCUT2D eigenvalue weighted by Crippen LogP contribution is -2.40. The van der Waals surface area contributed by atoms with Crippen LogP contribution in [0.4, 0.5) is 4.39 Å². The second-order valence-electron chi connectivity index (χ2n) is 5.88. The lowest BCUT2D eigenvalue weighted by atomic mass is 9.94. The monoisotopic (exact) mass is 278 g/mol. The third-order valence-corrected chi connectivity index (χ3v) is 4.38. The van der Waals surface area contributed by atoms with Gasteiger partial charge in [0.1, 0.15) is 11.6 Å². The highest BCUT2D eigenvalue weighted by molar-refractivity contribution is 5.21. The molecule has 0 spiro atoms. The fourth-order valence-electron chi connectivity index (χ4n) is 3.33. The van der Waals surface area contributed by atoms with E-state index in [4.69, 9.17) is 4.74 Å². The zero-order chi connectivity index (χ0) is 13.8. The number of likely N-dealkylation sites (tertiary alicyclic amines) is 1. The lowest BCUT2D eigenvalue weighted by Gasteiger charge is -2.24. The number of rotatable bonds is 5. The van der Waals surface area contributed by atoms with E-state index in [1.165, 1.54) is 44.6 Å². The van der Waals surface area contributed by atoms with Gasteiger partial charge in [0, 0.05) is 25.7 Å². The summed E-state index contributed by atoms with van der Waals surface area (Å²) in [5, 5.41) is 3.62. The Morgan fingerprint density at radius 3 is 2.90 bits per heavy atom. The third kappa shape index (κ3) is 3.49. The molecule has 0 amide bonds. The van der Waals surface area contributed by atoms with Crippen LogP contribution in [0, 0.1) is 11.7 Å². The highest BCUT2D eigenvalue weighted by atomic mass is 19.1. The molecule has 0 bridgehead atoms. The molecule has 0 aliphatic carbocycles. The SMILES string of the molecule is Fc1ccc(OCCCN2C[C@@H]3CCCN[C@@H]3C2)cc1. The van der Waals surface area contributed by atoms with Crippen LogP contribution in [-0.4, -0.2) is 43.7 Å². The first-order chi connectivity index (χ1) is 9.81. The highest BCUT2D eigenvalue weighted by Crippen LogP contribution is 2.24. The molecule has 0 saturated carbocycles. The van der Waals surface area contributed by atoms with Crippen molar-refractivity contribution in [3.63, 3.8) is 0 Å². The third-order valence-electron chi connectivity index (χ3n) is 4.38. The number of nitrogens with one attached hydrogen (secondary N) is 1. The van der Waals surface area contributed by atoms with E-state index >= 15 is 0 Å². The molecule has 1 N–H and O–H groups in total. The fourth-order valence-corrected chi connectivity index (χ4v) is 3.33. The van der Waals surface area contributed by atoms with Crippen molar-refractivity contribution in [1.82, 2.24) is 10.2 Å². The molecule has 2 fully saturated rings. The number of piperidine rings is 1. The summed E-state index contributed by atoms with van der Waals surface area (Å²) in [4.78, 5) is 2.54. The van der Waals surface area contributed by atoms with Crippen molar-refractivity contribution in [3.05, 3.63) is 30.1 Å². The second-order valence-corrected chi connectivity index (χ2v) is 5.88. The normalized spacial score (nSPS) is 26.4.